The minimum atomic E-state index is -0.0516. The van der Waals surface area contributed by atoms with Gasteiger partial charge in [-0.3, -0.25) is 0 Å². The van der Waals surface area contributed by atoms with Crippen LogP contribution in [0.15, 0.2) is 24.3 Å². The number of rotatable bonds is 4. The summed E-state index contributed by atoms with van der Waals surface area (Å²) in [4.78, 5) is 0. The molecule has 1 unspecified atom stereocenters. The second-order valence-corrected chi connectivity index (χ2v) is 4.57. The second-order valence-electron chi connectivity index (χ2n) is 4.57. The van der Waals surface area contributed by atoms with Gasteiger partial charge in [0.15, 0.2) is 0 Å². The van der Waals surface area contributed by atoms with E-state index in [4.69, 9.17) is 5.73 Å². The van der Waals surface area contributed by atoms with E-state index < -0.39 is 0 Å². The Morgan fingerprint density at radius 3 is 2.29 bits per heavy atom. The fraction of sp³-hybridized carbons (Fsp3) is 0.538. The van der Waals surface area contributed by atoms with Crippen LogP contribution in [0.25, 0.3) is 0 Å². The van der Waals surface area contributed by atoms with Crippen LogP contribution >= 0.6 is 0 Å². The molecule has 0 amide bonds. The number of benzene rings is 1. The Morgan fingerprint density at radius 1 is 1.21 bits per heavy atom. The van der Waals surface area contributed by atoms with Crippen molar-refractivity contribution in [1.82, 2.24) is 0 Å². The van der Waals surface area contributed by atoms with Crippen molar-refractivity contribution in [3.63, 3.8) is 0 Å². The van der Waals surface area contributed by atoms with Crippen LogP contribution in [0.4, 0.5) is 0 Å². The van der Waals surface area contributed by atoms with Gasteiger partial charge in [0.25, 0.3) is 0 Å². The number of hydrogen-bond donors (Lipinski definition) is 1. The molecule has 1 atom stereocenters. The molecule has 0 aromatic heterocycles. The van der Waals surface area contributed by atoms with Crippen molar-refractivity contribution in [3.05, 3.63) is 35.4 Å². The maximum atomic E-state index is 6.20. The van der Waals surface area contributed by atoms with Crippen molar-refractivity contribution in [1.29, 1.82) is 0 Å². The van der Waals surface area contributed by atoms with Crippen LogP contribution < -0.4 is 5.73 Å². The van der Waals surface area contributed by atoms with Gasteiger partial charge in [0.2, 0.25) is 0 Å². The fourth-order valence-corrected chi connectivity index (χ4v) is 1.83. The molecule has 0 fully saturated rings. The first-order valence-electron chi connectivity index (χ1n) is 5.38. The third-order valence-corrected chi connectivity index (χ3v) is 2.55. The predicted molar refractivity (Wildman–Crippen MR) is 62.4 cm³/mol. The van der Waals surface area contributed by atoms with E-state index in [0.717, 1.165) is 19.3 Å². The van der Waals surface area contributed by atoms with Gasteiger partial charge in [-0.1, -0.05) is 43.2 Å². The second kappa shape index (κ2) is 4.61. The smallest absolute Gasteiger partial charge is 0.0166 e. The van der Waals surface area contributed by atoms with Gasteiger partial charge in [-0.15, -0.1) is 0 Å². The fourth-order valence-electron chi connectivity index (χ4n) is 1.83. The van der Waals surface area contributed by atoms with E-state index in [-0.39, 0.29) is 5.54 Å². The molecular weight excluding hydrogens is 170 g/mol. The lowest BCUT2D eigenvalue weighted by molar-refractivity contribution is 0.425. The van der Waals surface area contributed by atoms with Crippen molar-refractivity contribution in [2.45, 2.75) is 45.6 Å². The molecule has 14 heavy (non-hydrogen) atoms. The first kappa shape index (κ1) is 11.3. The number of nitrogens with two attached hydrogens (primary N) is 1. The zero-order valence-corrected chi connectivity index (χ0v) is 9.51. The van der Waals surface area contributed by atoms with Crippen LogP contribution in [0.5, 0.6) is 0 Å². The molecule has 78 valence electrons. The molecule has 2 N–H and O–H groups in total. The number of hydrogen-bond acceptors (Lipinski definition) is 1. The molecule has 0 aliphatic carbocycles. The van der Waals surface area contributed by atoms with Gasteiger partial charge >= 0.3 is 0 Å². The van der Waals surface area contributed by atoms with Crippen molar-refractivity contribution < 1.29 is 0 Å². The summed E-state index contributed by atoms with van der Waals surface area (Å²) in [6.07, 6.45) is 3.21. The van der Waals surface area contributed by atoms with E-state index in [1.807, 2.05) is 0 Å². The molecule has 1 heteroatoms. The average Bonchev–Trinajstić information content (AvgIpc) is 2.08. The van der Waals surface area contributed by atoms with Crippen molar-refractivity contribution in [3.8, 4) is 0 Å². The van der Waals surface area contributed by atoms with Gasteiger partial charge in [-0.05, 0) is 32.3 Å². The average molecular weight is 191 g/mol. The lowest BCUT2D eigenvalue weighted by atomic mass is 9.89. The van der Waals surface area contributed by atoms with Gasteiger partial charge in [0.05, 0.1) is 0 Å². The Bertz CT molecular complexity index is 272. The topological polar surface area (TPSA) is 26.0 Å². The summed E-state index contributed by atoms with van der Waals surface area (Å²) >= 11 is 0. The standard InChI is InChI=1S/C13H21N/c1-4-9-13(3,14)10-12-7-5-11(2)6-8-12/h5-8H,4,9-10,14H2,1-3H3. The molecule has 1 nitrogen and oxygen atoms in total. The van der Waals surface area contributed by atoms with Crippen LogP contribution in [0.1, 0.15) is 37.8 Å². The monoisotopic (exact) mass is 191 g/mol. The molecule has 0 spiro atoms. The third-order valence-electron chi connectivity index (χ3n) is 2.55. The Kier molecular flexibility index (Phi) is 3.70. The van der Waals surface area contributed by atoms with Crippen LogP contribution in [0, 0.1) is 6.92 Å². The third kappa shape index (κ3) is 3.51. The van der Waals surface area contributed by atoms with Gasteiger partial charge in [0, 0.05) is 5.54 Å². The van der Waals surface area contributed by atoms with Crippen LogP contribution in [0.3, 0.4) is 0 Å². The summed E-state index contributed by atoms with van der Waals surface area (Å²) in [7, 11) is 0. The van der Waals surface area contributed by atoms with E-state index in [1.165, 1.54) is 11.1 Å². The van der Waals surface area contributed by atoms with Gasteiger partial charge in [0.1, 0.15) is 0 Å². The molecule has 1 aromatic carbocycles. The zero-order chi connectivity index (χ0) is 10.6. The summed E-state index contributed by atoms with van der Waals surface area (Å²) in [5.41, 5.74) is 8.80. The molecule has 0 saturated carbocycles. The maximum Gasteiger partial charge on any atom is 0.0166 e. The van der Waals surface area contributed by atoms with Crippen LogP contribution in [0.2, 0.25) is 0 Å². The van der Waals surface area contributed by atoms with E-state index in [1.54, 1.807) is 0 Å². The molecule has 1 rings (SSSR count). The van der Waals surface area contributed by atoms with E-state index in [9.17, 15) is 0 Å². The lowest BCUT2D eigenvalue weighted by Gasteiger charge is -2.24. The highest BCUT2D eigenvalue weighted by molar-refractivity contribution is 5.22. The van der Waals surface area contributed by atoms with Crippen LogP contribution in [-0.4, -0.2) is 5.54 Å². The first-order chi connectivity index (χ1) is 6.53. The summed E-state index contributed by atoms with van der Waals surface area (Å²) < 4.78 is 0. The highest BCUT2D eigenvalue weighted by Crippen LogP contribution is 2.16. The molecular formula is C13H21N. The zero-order valence-electron chi connectivity index (χ0n) is 9.51. The number of aryl methyl sites for hydroxylation is 1. The van der Waals surface area contributed by atoms with Crippen molar-refractivity contribution >= 4 is 0 Å². The highest BCUT2D eigenvalue weighted by atomic mass is 14.7. The summed E-state index contributed by atoms with van der Waals surface area (Å²) in [6.45, 7) is 6.42. The van der Waals surface area contributed by atoms with Crippen LogP contribution in [-0.2, 0) is 6.42 Å². The quantitative estimate of drug-likeness (QED) is 0.777. The molecule has 0 bridgehead atoms. The van der Waals surface area contributed by atoms with Crippen molar-refractivity contribution in [2.24, 2.45) is 5.73 Å². The van der Waals surface area contributed by atoms with Gasteiger partial charge in [-0.25, -0.2) is 0 Å². The molecule has 0 radical (unpaired) electrons. The Hall–Kier alpha value is -0.820. The molecule has 0 saturated heterocycles. The minimum absolute atomic E-state index is 0.0516. The van der Waals surface area contributed by atoms with E-state index in [2.05, 4.69) is 45.0 Å². The Balaban J connectivity index is 2.64. The van der Waals surface area contributed by atoms with Crippen molar-refractivity contribution in [2.75, 3.05) is 0 Å². The normalized spacial score (nSPS) is 15.1. The molecule has 0 aliphatic heterocycles. The molecule has 1 aromatic rings. The summed E-state index contributed by atoms with van der Waals surface area (Å²) in [5, 5.41) is 0. The highest BCUT2D eigenvalue weighted by Gasteiger charge is 2.17. The first-order valence-corrected chi connectivity index (χ1v) is 5.38. The van der Waals surface area contributed by atoms with Gasteiger partial charge in [-0.2, -0.15) is 0 Å². The largest absolute Gasteiger partial charge is 0.325 e. The van der Waals surface area contributed by atoms with E-state index in [0.29, 0.717) is 0 Å². The SMILES string of the molecule is CCCC(C)(N)Cc1ccc(C)cc1. The van der Waals surface area contributed by atoms with Gasteiger partial charge < -0.3 is 5.73 Å². The van der Waals surface area contributed by atoms with E-state index >= 15 is 0 Å². The Morgan fingerprint density at radius 2 is 1.79 bits per heavy atom. The minimum Gasteiger partial charge on any atom is -0.325 e. The predicted octanol–water partition coefficient (Wildman–Crippen LogP) is 3.06. The Labute approximate surface area is 87.3 Å². The summed E-state index contributed by atoms with van der Waals surface area (Å²) in [6, 6.07) is 8.65. The summed E-state index contributed by atoms with van der Waals surface area (Å²) in [5.74, 6) is 0. The maximum absolute atomic E-state index is 6.20. The molecule has 0 heterocycles. The molecule has 0 aliphatic rings. The lowest BCUT2D eigenvalue weighted by Crippen LogP contribution is -2.38.